The highest BCUT2D eigenvalue weighted by Gasteiger charge is 2.27. The second-order valence-corrected chi connectivity index (χ2v) is 5.02. The van der Waals surface area contributed by atoms with E-state index in [0.717, 1.165) is 24.8 Å². The molecule has 20 heavy (non-hydrogen) atoms. The first-order chi connectivity index (χ1) is 9.79. The zero-order chi connectivity index (χ0) is 14.2. The van der Waals surface area contributed by atoms with Gasteiger partial charge in [-0.1, -0.05) is 30.3 Å². The summed E-state index contributed by atoms with van der Waals surface area (Å²) in [6, 6.07) is 10.0. The number of hydrogen-bond donors (Lipinski definition) is 0. The standard InChI is InChI=1S/C16H22O4/c1-18-16(17)11-15-14(9-5-6-10-19-15)20-12-13-7-3-2-4-8-13/h2-4,7-8,14-15H,5-6,9-12H2,1H3/t14-,15+/m1/s1. The minimum atomic E-state index is -0.245. The van der Waals surface area contributed by atoms with Crippen molar-refractivity contribution in [3.8, 4) is 0 Å². The molecule has 4 nitrogen and oxygen atoms in total. The second-order valence-electron chi connectivity index (χ2n) is 5.02. The molecule has 0 unspecified atom stereocenters. The zero-order valence-electron chi connectivity index (χ0n) is 11.9. The average molecular weight is 278 g/mol. The van der Waals surface area contributed by atoms with Crippen molar-refractivity contribution in [2.24, 2.45) is 0 Å². The number of carbonyl (C=O) groups is 1. The Hall–Kier alpha value is -1.39. The minimum Gasteiger partial charge on any atom is -0.469 e. The lowest BCUT2D eigenvalue weighted by molar-refractivity contribution is -0.148. The highest BCUT2D eigenvalue weighted by atomic mass is 16.5. The minimum absolute atomic E-state index is 0.0446. The van der Waals surface area contributed by atoms with Crippen LogP contribution in [-0.4, -0.2) is 31.9 Å². The molecule has 0 aromatic heterocycles. The SMILES string of the molecule is COC(=O)C[C@@H]1OCCCC[C@H]1OCc1ccccc1. The van der Waals surface area contributed by atoms with Crippen LogP contribution >= 0.6 is 0 Å². The van der Waals surface area contributed by atoms with Crippen molar-refractivity contribution in [3.05, 3.63) is 35.9 Å². The Labute approximate surface area is 120 Å². The van der Waals surface area contributed by atoms with Gasteiger partial charge in [0.25, 0.3) is 0 Å². The lowest BCUT2D eigenvalue weighted by Crippen LogP contribution is -2.32. The van der Waals surface area contributed by atoms with E-state index in [4.69, 9.17) is 14.2 Å². The lowest BCUT2D eigenvalue weighted by Gasteiger charge is -2.24. The summed E-state index contributed by atoms with van der Waals surface area (Å²) in [6.07, 6.45) is 3.02. The van der Waals surface area contributed by atoms with E-state index < -0.39 is 0 Å². The quantitative estimate of drug-likeness (QED) is 0.777. The number of hydrogen-bond acceptors (Lipinski definition) is 4. The molecule has 1 aliphatic rings. The summed E-state index contributed by atoms with van der Waals surface area (Å²) in [6.45, 7) is 1.24. The molecular formula is C16H22O4. The van der Waals surface area contributed by atoms with Crippen LogP contribution in [0.15, 0.2) is 30.3 Å². The third-order valence-electron chi connectivity index (χ3n) is 3.53. The topological polar surface area (TPSA) is 44.8 Å². The number of carbonyl (C=O) groups excluding carboxylic acids is 1. The van der Waals surface area contributed by atoms with Gasteiger partial charge in [-0.3, -0.25) is 4.79 Å². The predicted octanol–water partition coefficient (Wildman–Crippen LogP) is 2.70. The third kappa shape index (κ3) is 4.62. The Morgan fingerprint density at radius 3 is 2.85 bits per heavy atom. The molecule has 110 valence electrons. The molecule has 0 amide bonds. The van der Waals surface area contributed by atoms with Gasteiger partial charge in [0.15, 0.2) is 0 Å². The maximum atomic E-state index is 11.5. The van der Waals surface area contributed by atoms with Crippen LogP contribution in [0.3, 0.4) is 0 Å². The van der Waals surface area contributed by atoms with Gasteiger partial charge in [-0.25, -0.2) is 0 Å². The molecule has 0 spiro atoms. The number of methoxy groups -OCH3 is 1. The molecule has 4 heteroatoms. The first-order valence-electron chi connectivity index (χ1n) is 7.13. The molecule has 0 aliphatic carbocycles. The van der Waals surface area contributed by atoms with Crippen molar-refractivity contribution in [2.75, 3.05) is 13.7 Å². The zero-order valence-corrected chi connectivity index (χ0v) is 11.9. The molecule has 2 atom stereocenters. The maximum absolute atomic E-state index is 11.5. The third-order valence-corrected chi connectivity index (χ3v) is 3.53. The van der Waals surface area contributed by atoms with Gasteiger partial charge in [0.2, 0.25) is 0 Å². The normalized spacial score (nSPS) is 23.1. The number of ether oxygens (including phenoxy) is 3. The summed E-state index contributed by atoms with van der Waals surface area (Å²) >= 11 is 0. The molecule has 1 aliphatic heterocycles. The van der Waals surface area contributed by atoms with Crippen LogP contribution in [0.25, 0.3) is 0 Å². The lowest BCUT2D eigenvalue weighted by atomic mass is 10.1. The maximum Gasteiger partial charge on any atom is 0.308 e. The molecular weight excluding hydrogens is 256 g/mol. The Balaban J connectivity index is 1.92. The summed E-state index contributed by atoms with van der Waals surface area (Å²) in [5, 5.41) is 0. The van der Waals surface area contributed by atoms with E-state index in [-0.39, 0.29) is 24.6 Å². The van der Waals surface area contributed by atoms with E-state index in [0.29, 0.717) is 13.2 Å². The summed E-state index contributed by atoms with van der Waals surface area (Å²) in [4.78, 5) is 11.5. The highest BCUT2D eigenvalue weighted by Crippen LogP contribution is 2.21. The number of rotatable bonds is 5. The Morgan fingerprint density at radius 2 is 2.10 bits per heavy atom. The van der Waals surface area contributed by atoms with Crippen LogP contribution in [-0.2, 0) is 25.6 Å². The van der Waals surface area contributed by atoms with Crippen molar-refractivity contribution >= 4 is 5.97 Å². The second kappa shape index (κ2) is 8.02. The Morgan fingerprint density at radius 1 is 1.30 bits per heavy atom. The molecule has 0 N–H and O–H groups in total. The van der Waals surface area contributed by atoms with Crippen molar-refractivity contribution in [1.29, 1.82) is 0 Å². The van der Waals surface area contributed by atoms with E-state index in [1.807, 2.05) is 30.3 Å². The van der Waals surface area contributed by atoms with E-state index in [1.165, 1.54) is 7.11 Å². The average Bonchev–Trinajstić information content (AvgIpc) is 2.71. The van der Waals surface area contributed by atoms with Crippen molar-refractivity contribution in [3.63, 3.8) is 0 Å². The molecule has 1 aromatic carbocycles. The van der Waals surface area contributed by atoms with Gasteiger partial charge in [0.1, 0.15) is 0 Å². The van der Waals surface area contributed by atoms with Crippen LogP contribution < -0.4 is 0 Å². The smallest absolute Gasteiger partial charge is 0.308 e. The molecule has 0 saturated carbocycles. The van der Waals surface area contributed by atoms with Gasteiger partial charge in [0.05, 0.1) is 32.3 Å². The van der Waals surface area contributed by atoms with Gasteiger partial charge < -0.3 is 14.2 Å². The van der Waals surface area contributed by atoms with Crippen LogP contribution in [0.1, 0.15) is 31.2 Å². The fraction of sp³-hybridized carbons (Fsp3) is 0.562. The highest BCUT2D eigenvalue weighted by molar-refractivity contribution is 5.69. The predicted molar refractivity (Wildman–Crippen MR) is 75.2 cm³/mol. The molecule has 0 radical (unpaired) electrons. The van der Waals surface area contributed by atoms with Crippen LogP contribution in [0.4, 0.5) is 0 Å². The van der Waals surface area contributed by atoms with E-state index in [9.17, 15) is 4.79 Å². The molecule has 1 saturated heterocycles. The van der Waals surface area contributed by atoms with Crippen molar-refractivity contribution in [2.45, 2.75) is 44.5 Å². The molecule has 1 fully saturated rings. The summed E-state index contributed by atoms with van der Waals surface area (Å²) in [5.41, 5.74) is 1.13. The number of benzene rings is 1. The van der Waals surface area contributed by atoms with Crippen LogP contribution in [0.2, 0.25) is 0 Å². The van der Waals surface area contributed by atoms with Gasteiger partial charge in [-0.15, -0.1) is 0 Å². The summed E-state index contributed by atoms with van der Waals surface area (Å²) in [7, 11) is 1.40. The Bertz CT molecular complexity index is 404. The van der Waals surface area contributed by atoms with Gasteiger partial charge in [-0.2, -0.15) is 0 Å². The van der Waals surface area contributed by atoms with Gasteiger partial charge in [0, 0.05) is 6.61 Å². The fourth-order valence-corrected chi connectivity index (χ4v) is 2.38. The van der Waals surface area contributed by atoms with Gasteiger partial charge >= 0.3 is 5.97 Å². The molecule has 1 heterocycles. The summed E-state index contributed by atoms with van der Waals surface area (Å²) < 4.78 is 16.5. The Kier molecular flexibility index (Phi) is 6.02. The molecule has 1 aromatic rings. The van der Waals surface area contributed by atoms with Crippen molar-refractivity contribution in [1.82, 2.24) is 0 Å². The van der Waals surface area contributed by atoms with Crippen LogP contribution in [0, 0.1) is 0 Å². The van der Waals surface area contributed by atoms with E-state index in [1.54, 1.807) is 0 Å². The van der Waals surface area contributed by atoms with E-state index in [2.05, 4.69) is 0 Å². The largest absolute Gasteiger partial charge is 0.469 e. The van der Waals surface area contributed by atoms with Gasteiger partial charge in [-0.05, 0) is 24.8 Å². The van der Waals surface area contributed by atoms with Crippen molar-refractivity contribution < 1.29 is 19.0 Å². The molecule has 0 bridgehead atoms. The van der Waals surface area contributed by atoms with Crippen LogP contribution in [0.5, 0.6) is 0 Å². The molecule has 2 rings (SSSR count). The van der Waals surface area contributed by atoms with E-state index >= 15 is 0 Å². The number of esters is 1. The fourth-order valence-electron chi connectivity index (χ4n) is 2.38. The first-order valence-corrected chi connectivity index (χ1v) is 7.13. The monoisotopic (exact) mass is 278 g/mol. The summed E-state index contributed by atoms with van der Waals surface area (Å²) in [5.74, 6) is -0.245. The first kappa shape index (κ1) is 15.0.